The van der Waals surface area contributed by atoms with Crippen LogP contribution in [0.3, 0.4) is 0 Å². The van der Waals surface area contributed by atoms with E-state index < -0.39 is 10.0 Å². The third-order valence-corrected chi connectivity index (χ3v) is 5.55. The first kappa shape index (κ1) is 17.4. The fraction of sp³-hybridized carbons (Fsp3) is 0.417. The molecule has 5 nitrogen and oxygen atoms in total. The number of nitrogens with zero attached hydrogens (tertiary/aromatic N) is 1. The normalized spacial score (nSPS) is 11.7. The van der Waals surface area contributed by atoms with Gasteiger partial charge in [-0.1, -0.05) is 18.5 Å². The summed E-state index contributed by atoms with van der Waals surface area (Å²) in [6.07, 6.45) is 0.798. The fourth-order valence-corrected chi connectivity index (χ4v) is 3.23. The van der Waals surface area contributed by atoms with Crippen molar-refractivity contribution in [2.75, 3.05) is 20.1 Å². The van der Waals surface area contributed by atoms with Gasteiger partial charge in [-0.2, -0.15) is 4.31 Å². The van der Waals surface area contributed by atoms with E-state index in [4.69, 9.17) is 11.6 Å². The summed E-state index contributed by atoms with van der Waals surface area (Å²) in [7, 11) is -2.35. The van der Waals surface area contributed by atoms with E-state index in [9.17, 15) is 13.2 Å². The molecule has 0 atom stereocenters. The number of sulfonamides is 1. The molecule has 0 aliphatic rings. The lowest BCUT2D eigenvalue weighted by Crippen LogP contribution is -2.38. The molecule has 0 spiro atoms. The molecule has 0 radical (unpaired) electrons. The Labute approximate surface area is 132 Å². The van der Waals surface area contributed by atoms with Gasteiger partial charge in [0, 0.05) is 18.1 Å². The number of halogens is 2. The number of benzene rings is 1. The Morgan fingerprint density at radius 2 is 2.10 bits per heavy atom. The zero-order valence-electron chi connectivity index (χ0n) is 11.2. The predicted molar refractivity (Wildman–Crippen MR) is 82.3 cm³/mol. The summed E-state index contributed by atoms with van der Waals surface area (Å²) in [5.74, 6) is -0.328. The molecule has 1 rings (SSSR count). The molecule has 0 saturated heterocycles. The van der Waals surface area contributed by atoms with Crippen LogP contribution in [0, 0.1) is 0 Å². The number of amides is 1. The van der Waals surface area contributed by atoms with Crippen molar-refractivity contribution in [3.63, 3.8) is 0 Å². The Balaban J connectivity index is 2.87. The van der Waals surface area contributed by atoms with Crippen molar-refractivity contribution in [1.82, 2.24) is 9.62 Å². The van der Waals surface area contributed by atoms with Crippen LogP contribution in [0.4, 0.5) is 0 Å². The van der Waals surface area contributed by atoms with E-state index in [0.717, 1.165) is 10.7 Å². The minimum Gasteiger partial charge on any atom is -0.355 e. The SMILES string of the molecule is CCCNC(=O)CN(C)S(=O)(=O)c1ccc(Cl)c(Br)c1. The molecule has 8 heteroatoms. The highest BCUT2D eigenvalue weighted by molar-refractivity contribution is 9.10. The van der Waals surface area contributed by atoms with E-state index in [1.54, 1.807) is 0 Å². The lowest BCUT2D eigenvalue weighted by Gasteiger charge is -2.17. The van der Waals surface area contributed by atoms with Crippen molar-refractivity contribution in [3.05, 3.63) is 27.7 Å². The molecule has 1 aromatic carbocycles. The molecule has 0 aliphatic carbocycles. The summed E-state index contributed by atoms with van der Waals surface area (Å²) in [5.41, 5.74) is 0. The predicted octanol–water partition coefficient (Wildman–Crippen LogP) is 2.25. The smallest absolute Gasteiger partial charge is 0.243 e. The molecule has 0 saturated carbocycles. The van der Waals surface area contributed by atoms with Gasteiger partial charge < -0.3 is 5.32 Å². The molecule has 1 N–H and O–H groups in total. The first-order chi connectivity index (χ1) is 9.28. The summed E-state index contributed by atoms with van der Waals surface area (Å²) >= 11 is 9.01. The maximum Gasteiger partial charge on any atom is 0.243 e. The average Bonchev–Trinajstić information content (AvgIpc) is 2.39. The number of nitrogens with one attached hydrogen (secondary N) is 1. The molecule has 0 fully saturated rings. The molecular formula is C12H16BrClN2O3S. The standard InChI is InChI=1S/C12H16BrClN2O3S/c1-3-6-15-12(17)8-16(2)20(18,19)9-4-5-11(14)10(13)7-9/h4-5,7H,3,6,8H2,1-2H3,(H,15,17). The van der Waals surface area contributed by atoms with Crippen LogP contribution in [0.25, 0.3) is 0 Å². The van der Waals surface area contributed by atoms with E-state index >= 15 is 0 Å². The molecule has 1 amide bonds. The zero-order chi connectivity index (χ0) is 15.3. The van der Waals surface area contributed by atoms with Crippen molar-refractivity contribution >= 4 is 43.5 Å². The molecule has 0 unspecified atom stereocenters. The highest BCUT2D eigenvalue weighted by Gasteiger charge is 2.23. The quantitative estimate of drug-likeness (QED) is 0.819. The summed E-state index contributed by atoms with van der Waals surface area (Å²) in [6.45, 7) is 2.23. The lowest BCUT2D eigenvalue weighted by molar-refractivity contribution is -0.121. The molecule has 1 aromatic rings. The van der Waals surface area contributed by atoms with Crippen LogP contribution in [-0.2, 0) is 14.8 Å². The number of rotatable bonds is 6. The number of likely N-dealkylation sites (N-methyl/N-ethyl adjacent to an activating group) is 1. The van der Waals surface area contributed by atoms with E-state index in [2.05, 4.69) is 21.2 Å². The van der Waals surface area contributed by atoms with Crippen molar-refractivity contribution in [3.8, 4) is 0 Å². The van der Waals surface area contributed by atoms with Gasteiger partial charge in [-0.15, -0.1) is 0 Å². The maximum atomic E-state index is 12.3. The molecule has 0 aromatic heterocycles. The summed E-state index contributed by atoms with van der Waals surface area (Å²) in [4.78, 5) is 11.6. The second kappa shape index (κ2) is 7.40. The van der Waals surface area contributed by atoms with E-state index in [-0.39, 0.29) is 17.3 Å². The number of carbonyl (C=O) groups excluding carboxylic acids is 1. The van der Waals surface area contributed by atoms with Gasteiger partial charge in [0.25, 0.3) is 0 Å². The highest BCUT2D eigenvalue weighted by Crippen LogP contribution is 2.26. The van der Waals surface area contributed by atoms with E-state index in [1.165, 1.54) is 25.2 Å². The second-order valence-electron chi connectivity index (χ2n) is 4.19. The Morgan fingerprint density at radius 1 is 1.45 bits per heavy atom. The van der Waals surface area contributed by atoms with E-state index in [1.807, 2.05) is 6.92 Å². The monoisotopic (exact) mass is 382 g/mol. The third kappa shape index (κ3) is 4.44. The van der Waals surface area contributed by atoms with Gasteiger partial charge in [-0.05, 0) is 40.5 Å². The summed E-state index contributed by atoms with van der Waals surface area (Å²) in [5, 5.41) is 3.06. The topological polar surface area (TPSA) is 66.5 Å². The van der Waals surface area contributed by atoms with Crippen LogP contribution in [0.5, 0.6) is 0 Å². The van der Waals surface area contributed by atoms with Crippen LogP contribution in [-0.4, -0.2) is 38.8 Å². The van der Waals surface area contributed by atoms with Crippen LogP contribution >= 0.6 is 27.5 Å². The van der Waals surface area contributed by atoms with Gasteiger partial charge in [-0.25, -0.2) is 8.42 Å². The van der Waals surface area contributed by atoms with Gasteiger partial charge in [-0.3, -0.25) is 4.79 Å². The third-order valence-electron chi connectivity index (χ3n) is 2.54. The number of carbonyl (C=O) groups is 1. The zero-order valence-corrected chi connectivity index (χ0v) is 14.3. The Bertz CT molecular complexity index is 592. The van der Waals surface area contributed by atoms with Crippen LogP contribution in [0.15, 0.2) is 27.6 Å². The Hall–Kier alpha value is -0.630. The van der Waals surface area contributed by atoms with Gasteiger partial charge in [0.2, 0.25) is 15.9 Å². The maximum absolute atomic E-state index is 12.3. The van der Waals surface area contributed by atoms with Gasteiger partial charge in [0.1, 0.15) is 0 Å². The average molecular weight is 384 g/mol. The molecule has 112 valence electrons. The van der Waals surface area contributed by atoms with E-state index in [0.29, 0.717) is 16.0 Å². The van der Waals surface area contributed by atoms with Gasteiger partial charge in [0.15, 0.2) is 0 Å². The molecule has 0 aliphatic heterocycles. The highest BCUT2D eigenvalue weighted by atomic mass is 79.9. The Kier molecular flexibility index (Phi) is 6.44. The van der Waals surface area contributed by atoms with Crippen molar-refractivity contribution in [1.29, 1.82) is 0 Å². The van der Waals surface area contributed by atoms with Crippen LogP contribution in [0.2, 0.25) is 5.02 Å². The largest absolute Gasteiger partial charge is 0.355 e. The Morgan fingerprint density at radius 3 is 2.65 bits per heavy atom. The first-order valence-electron chi connectivity index (χ1n) is 5.97. The minimum atomic E-state index is -3.71. The molecular weight excluding hydrogens is 368 g/mol. The van der Waals surface area contributed by atoms with Crippen LogP contribution in [0.1, 0.15) is 13.3 Å². The number of hydrogen-bond acceptors (Lipinski definition) is 3. The lowest BCUT2D eigenvalue weighted by atomic mass is 10.4. The van der Waals surface area contributed by atoms with Crippen LogP contribution < -0.4 is 5.32 Å². The summed E-state index contributed by atoms with van der Waals surface area (Å²) < 4.78 is 26.1. The molecule has 0 bridgehead atoms. The van der Waals surface area contributed by atoms with Gasteiger partial charge >= 0.3 is 0 Å². The minimum absolute atomic E-state index is 0.0829. The first-order valence-corrected chi connectivity index (χ1v) is 8.58. The molecule has 0 heterocycles. The molecule has 20 heavy (non-hydrogen) atoms. The van der Waals surface area contributed by atoms with Crippen molar-refractivity contribution in [2.45, 2.75) is 18.2 Å². The van der Waals surface area contributed by atoms with Crippen molar-refractivity contribution < 1.29 is 13.2 Å². The fourth-order valence-electron chi connectivity index (χ4n) is 1.42. The van der Waals surface area contributed by atoms with Crippen molar-refractivity contribution in [2.24, 2.45) is 0 Å². The second-order valence-corrected chi connectivity index (χ2v) is 7.49. The van der Waals surface area contributed by atoms with Gasteiger partial charge in [0.05, 0.1) is 16.5 Å². The summed E-state index contributed by atoms with van der Waals surface area (Å²) in [6, 6.07) is 4.31. The number of hydrogen-bond donors (Lipinski definition) is 1.